The van der Waals surface area contributed by atoms with Crippen molar-refractivity contribution in [3.05, 3.63) is 11.6 Å². The van der Waals surface area contributed by atoms with Crippen LogP contribution < -0.4 is 5.73 Å². The third kappa shape index (κ3) is 4.22. The molecular weight excluding hydrogens is 518 g/mol. The maximum Gasteiger partial charge on any atom is 0.307 e. The van der Waals surface area contributed by atoms with Gasteiger partial charge in [0.15, 0.2) is 0 Å². The van der Waals surface area contributed by atoms with Gasteiger partial charge in [-0.05, 0) is 78.4 Å². The van der Waals surface area contributed by atoms with E-state index in [9.17, 15) is 14.7 Å². The molecule has 2 bridgehead atoms. The monoisotopic (exact) mass is 573 g/mol. The Kier molecular flexibility index (Phi) is 7.81. The predicted octanol–water partition coefficient (Wildman–Crippen LogP) is 5.85. The molecule has 7 nitrogen and oxygen atoms in total. The second kappa shape index (κ2) is 10.3. The Bertz CT molecular complexity index is 1090. The summed E-state index contributed by atoms with van der Waals surface area (Å²) < 4.78 is 18.9. The highest BCUT2D eigenvalue weighted by atomic mass is 16.6. The third-order valence-corrected chi connectivity index (χ3v) is 13.8. The molecule has 3 saturated carbocycles. The minimum absolute atomic E-state index is 0.145. The van der Waals surface area contributed by atoms with Crippen molar-refractivity contribution in [1.82, 2.24) is 0 Å². The van der Waals surface area contributed by atoms with E-state index in [4.69, 9.17) is 19.9 Å². The summed E-state index contributed by atoms with van der Waals surface area (Å²) in [4.78, 5) is 25.6. The number of esters is 1. The molecule has 4 fully saturated rings. The van der Waals surface area contributed by atoms with Crippen molar-refractivity contribution in [2.24, 2.45) is 62.4 Å². The van der Waals surface area contributed by atoms with E-state index < -0.39 is 11.9 Å². The van der Waals surface area contributed by atoms with Crippen molar-refractivity contribution < 1.29 is 28.9 Å². The normalized spacial score (nSPS) is 47.9. The highest BCUT2D eigenvalue weighted by molar-refractivity contribution is 5.73. The van der Waals surface area contributed by atoms with E-state index in [1.807, 2.05) is 0 Å². The van der Waals surface area contributed by atoms with Gasteiger partial charge in [-0.25, -0.2) is 0 Å². The second-order valence-corrected chi connectivity index (χ2v) is 15.8. The zero-order chi connectivity index (χ0) is 30.2. The fraction of sp³-hybridized carbons (Fsp3) is 0.882. The van der Waals surface area contributed by atoms with Crippen molar-refractivity contribution in [2.75, 3.05) is 26.4 Å². The molecular formula is C34H55NO6. The molecule has 0 unspecified atom stereocenters. The zero-order valence-corrected chi connectivity index (χ0v) is 26.8. The Morgan fingerprint density at radius 1 is 1.10 bits per heavy atom. The van der Waals surface area contributed by atoms with E-state index in [2.05, 4.69) is 54.5 Å². The number of rotatable bonds is 7. The molecule has 1 saturated heterocycles. The Morgan fingerprint density at radius 3 is 2.41 bits per heavy atom. The van der Waals surface area contributed by atoms with Crippen LogP contribution in [-0.2, 0) is 23.8 Å². The van der Waals surface area contributed by atoms with Gasteiger partial charge in [0.25, 0.3) is 0 Å². The van der Waals surface area contributed by atoms with Crippen LogP contribution in [-0.4, -0.2) is 55.6 Å². The quantitative estimate of drug-likeness (QED) is 0.290. The first-order chi connectivity index (χ1) is 19.1. The molecule has 5 rings (SSSR count). The van der Waals surface area contributed by atoms with Crippen molar-refractivity contribution in [3.8, 4) is 0 Å². The highest BCUT2D eigenvalue weighted by Crippen LogP contribution is 2.75. The van der Waals surface area contributed by atoms with Gasteiger partial charge in [0, 0.05) is 24.3 Å². The van der Waals surface area contributed by atoms with Gasteiger partial charge in [0.1, 0.15) is 12.2 Å². The molecule has 0 aromatic carbocycles. The average molecular weight is 574 g/mol. The van der Waals surface area contributed by atoms with Crippen LogP contribution in [0.2, 0.25) is 0 Å². The predicted molar refractivity (Wildman–Crippen MR) is 158 cm³/mol. The van der Waals surface area contributed by atoms with Gasteiger partial charge in [-0.2, -0.15) is 0 Å². The summed E-state index contributed by atoms with van der Waals surface area (Å²) in [6, 6.07) is 0. The fourth-order valence-electron chi connectivity index (χ4n) is 11.4. The molecule has 1 aliphatic heterocycles. The number of hydrogen-bond acceptors (Lipinski definition) is 6. The number of hydrogen-bond donors (Lipinski definition) is 2. The molecule has 0 aromatic rings. The molecule has 0 amide bonds. The van der Waals surface area contributed by atoms with Gasteiger partial charge < -0.3 is 25.1 Å². The number of allylic oxidation sites excluding steroid dienone is 1. The molecule has 41 heavy (non-hydrogen) atoms. The molecule has 1 heterocycles. The lowest BCUT2D eigenvalue weighted by atomic mass is 9.34. The number of carbonyl (C=O) groups is 2. The number of ether oxygens (including phenoxy) is 3. The first kappa shape index (κ1) is 31.0. The van der Waals surface area contributed by atoms with Crippen molar-refractivity contribution >= 4 is 11.9 Å². The summed E-state index contributed by atoms with van der Waals surface area (Å²) in [6.45, 7) is 19.4. The number of nitrogens with two attached hydrogens (primary N) is 1. The van der Waals surface area contributed by atoms with Crippen LogP contribution in [0.1, 0.15) is 93.9 Å². The smallest absolute Gasteiger partial charge is 0.307 e. The topological polar surface area (TPSA) is 108 Å². The lowest BCUT2D eigenvalue weighted by Crippen LogP contribution is -2.70. The summed E-state index contributed by atoms with van der Waals surface area (Å²) >= 11 is 0. The molecule has 0 radical (unpaired) electrons. The number of aliphatic carboxylic acids is 1. The minimum Gasteiger partial charge on any atom is -0.481 e. The maximum absolute atomic E-state index is 13.3. The molecule has 232 valence electrons. The summed E-state index contributed by atoms with van der Waals surface area (Å²) in [5.74, 6) is 0.0200. The summed E-state index contributed by atoms with van der Waals surface area (Å²) in [7, 11) is 0. The van der Waals surface area contributed by atoms with Gasteiger partial charge in [-0.15, -0.1) is 0 Å². The second-order valence-electron chi connectivity index (χ2n) is 15.8. The lowest BCUT2D eigenvalue weighted by molar-refractivity contribution is -0.266. The highest BCUT2D eigenvalue weighted by Gasteiger charge is 2.72. The van der Waals surface area contributed by atoms with Gasteiger partial charge in [-0.3, -0.25) is 9.59 Å². The summed E-state index contributed by atoms with van der Waals surface area (Å²) in [5.41, 5.74) is 5.97. The zero-order valence-electron chi connectivity index (χ0n) is 26.8. The van der Waals surface area contributed by atoms with Crippen LogP contribution in [0.15, 0.2) is 11.6 Å². The maximum atomic E-state index is 13.3. The van der Waals surface area contributed by atoms with Gasteiger partial charge in [-0.1, -0.05) is 60.1 Å². The van der Waals surface area contributed by atoms with E-state index in [1.165, 1.54) is 12.5 Å². The van der Waals surface area contributed by atoms with Crippen molar-refractivity contribution in [2.45, 2.75) is 106 Å². The van der Waals surface area contributed by atoms with E-state index in [0.29, 0.717) is 50.5 Å². The molecule has 11 atom stereocenters. The van der Waals surface area contributed by atoms with Crippen molar-refractivity contribution in [1.29, 1.82) is 0 Å². The number of carboxylic acids is 1. The molecule has 7 heteroatoms. The van der Waals surface area contributed by atoms with E-state index in [-0.39, 0.29) is 51.2 Å². The first-order valence-electron chi connectivity index (χ1n) is 16.1. The number of fused-ring (bicyclic) bond motifs is 3. The number of carbonyl (C=O) groups excluding carboxylic acids is 1. The molecule has 0 aromatic heterocycles. The molecule has 0 spiro atoms. The number of carboxylic acid groups (broad SMARTS) is 1. The average Bonchev–Trinajstić information content (AvgIpc) is 2.88. The molecule has 5 aliphatic rings. The SMILES string of the molecule is CC(=O)O[C@@H]1C[C@@]23COC[C@@](C)([C@@H]2CC[C@H]2C3=CC[C@@]3(C)[C@H](C(=O)O)[C@@](C)([C@H](C)C(C)C)CC[C@]23C)[C@H]1OCCN. The molecule has 3 N–H and O–H groups in total. The Morgan fingerprint density at radius 2 is 1.80 bits per heavy atom. The van der Waals surface area contributed by atoms with Crippen LogP contribution in [0.5, 0.6) is 0 Å². The standard InChI is InChI=1S/C34H55NO6/c1-20(2)21(3)30(5)13-14-32(7)23-9-10-26-31(6)18-39-19-34(26,17-25(41-22(4)36)28(31)40-16-15-35)24(23)11-12-33(32,8)27(30)29(37)38/h11,20-21,23,25-28H,9-10,12-19,35H2,1-8H3,(H,37,38)/t21-,23+,25-,26+,27-,28+,30-,31+,32-,33+,34+/m1/s1. The fourth-order valence-corrected chi connectivity index (χ4v) is 11.4. The minimum atomic E-state index is -0.641. The van der Waals surface area contributed by atoms with E-state index in [0.717, 1.165) is 32.1 Å². The Balaban J connectivity index is 1.60. The van der Waals surface area contributed by atoms with Gasteiger partial charge in [0.05, 0.1) is 25.7 Å². The van der Waals surface area contributed by atoms with Crippen LogP contribution in [0.25, 0.3) is 0 Å². The first-order valence-corrected chi connectivity index (χ1v) is 16.1. The van der Waals surface area contributed by atoms with Gasteiger partial charge in [0.2, 0.25) is 0 Å². The van der Waals surface area contributed by atoms with E-state index >= 15 is 0 Å². The van der Waals surface area contributed by atoms with Crippen LogP contribution in [0, 0.1) is 56.7 Å². The third-order valence-electron chi connectivity index (χ3n) is 13.8. The molecule has 4 aliphatic carbocycles. The van der Waals surface area contributed by atoms with Crippen LogP contribution in [0.3, 0.4) is 0 Å². The summed E-state index contributed by atoms with van der Waals surface area (Å²) in [5, 5.41) is 10.9. The van der Waals surface area contributed by atoms with Crippen molar-refractivity contribution in [3.63, 3.8) is 0 Å². The Labute approximate surface area is 247 Å². The lowest BCUT2D eigenvalue weighted by Gasteiger charge is -2.71. The van der Waals surface area contributed by atoms with Crippen LogP contribution >= 0.6 is 0 Å². The van der Waals surface area contributed by atoms with Gasteiger partial charge >= 0.3 is 11.9 Å². The van der Waals surface area contributed by atoms with Crippen LogP contribution in [0.4, 0.5) is 0 Å². The largest absolute Gasteiger partial charge is 0.481 e. The summed E-state index contributed by atoms with van der Waals surface area (Å²) in [6.07, 6.45) is 7.28. The van der Waals surface area contributed by atoms with E-state index in [1.54, 1.807) is 0 Å². The Hall–Kier alpha value is -1.44.